The van der Waals surface area contributed by atoms with Crippen molar-refractivity contribution in [2.45, 2.75) is 0 Å². The molecule has 1 N–H and O–H groups in total. The zero-order valence-electron chi connectivity index (χ0n) is 9.85. The molecule has 2 rings (SSSR count). The lowest BCUT2D eigenvalue weighted by Gasteiger charge is -2.06. The van der Waals surface area contributed by atoms with Gasteiger partial charge in [0, 0.05) is 12.7 Å². The molecule has 0 aliphatic carbocycles. The number of methoxy groups -OCH3 is 1. The molecule has 94 valence electrons. The minimum Gasteiger partial charge on any atom is -0.467 e. The Hall–Kier alpha value is -2.08. The fraction of sp³-hybridized carbons (Fsp3) is 0.182. The van der Waals surface area contributed by atoms with Crippen molar-refractivity contribution < 1.29 is 9.47 Å². The van der Waals surface area contributed by atoms with Gasteiger partial charge in [-0.25, -0.2) is 0 Å². The Morgan fingerprint density at radius 2 is 1.72 bits per heavy atom. The van der Waals surface area contributed by atoms with Crippen LogP contribution < -0.4 is 14.8 Å². The number of hydrogen-bond donors (Lipinski definition) is 1. The molecule has 0 amide bonds. The molecular formula is C11H11ClN4O2. The molecule has 0 saturated heterocycles. The van der Waals surface area contributed by atoms with Gasteiger partial charge in [-0.05, 0) is 35.9 Å². The van der Waals surface area contributed by atoms with E-state index in [4.69, 9.17) is 21.1 Å². The minimum atomic E-state index is 0.0173. The Balaban J connectivity index is 2.19. The molecule has 0 aliphatic heterocycles. The van der Waals surface area contributed by atoms with Crippen molar-refractivity contribution in [3.05, 3.63) is 29.5 Å². The number of anilines is 1. The molecule has 0 saturated carbocycles. The summed E-state index contributed by atoms with van der Waals surface area (Å²) in [6, 6.07) is 7.51. The predicted octanol–water partition coefficient (Wildman–Crippen LogP) is 2.37. The highest BCUT2D eigenvalue weighted by atomic mass is 35.5. The largest absolute Gasteiger partial charge is 0.467 e. The van der Waals surface area contributed by atoms with E-state index in [9.17, 15) is 0 Å². The van der Waals surface area contributed by atoms with Gasteiger partial charge in [-0.1, -0.05) is 0 Å². The van der Waals surface area contributed by atoms with Gasteiger partial charge in [0.05, 0.1) is 7.11 Å². The average molecular weight is 267 g/mol. The third kappa shape index (κ3) is 2.98. The topological polar surface area (TPSA) is 69.2 Å². The lowest BCUT2D eigenvalue weighted by molar-refractivity contribution is 0.359. The van der Waals surface area contributed by atoms with Crippen LogP contribution in [0, 0.1) is 0 Å². The van der Waals surface area contributed by atoms with Crippen LogP contribution in [0.1, 0.15) is 0 Å². The fourth-order valence-electron chi connectivity index (χ4n) is 1.25. The number of ether oxygens (including phenoxy) is 2. The van der Waals surface area contributed by atoms with Gasteiger partial charge in [-0.3, -0.25) is 0 Å². The predicted molar refractivity (Wildman–Crippen MR) is 67.5 cm³/mol. The van der Waals surface area contributed by atoms with Gasteiger partial charge in [0.1, 0.15) is 5.75 Å². The maximum absolute atomic E-state index is 5.71. The van der Waals surface area contributed by atoms with E-state index in [0.717, 1.165) is 5.69 Å². The van der Waals surface area contributed by atoms with Crippen LogP contribution in [0.15, 0.2) is 24.3 Å². The molecule has 0 fully saturated rings. The molecule has 18 heavy (non-hydrogen) atoms. The summed E-state index contributed by atoms with van der Waals surface area (Å²) in [7, 11) is 3.28. The average Bonchev–Trinajstić information content (AvgIpc) is 2.39. The first kappa shape index (κ1) is 12.4. The highest BCUT2D eigenvalue weighted by Crippen LogP contribution is 2.22. The van der Waals surface area contributed by atoms with E-state index in [-0.39, 0.29) is 17.3 Å². The second-order valence-electron chi connectivity index (χ2n) is 3.25. The summed E-state index contributed by atoms with van der Waals surface area (Å²) >= 11 is 5.71. The smallest absolute Gasteiger partial charge is 0.329 e. The molecule has 0 atom stereocenters. The molecular weight excluding hydrogens is 256 g/mol. The Labute approximate surface area is 109 Å². The van der Waals surface area contributed by atoms with E-state index in [2.05, 4.69) is 20.3 Å². The second-order valence-corrected chi connectivity index (χ2v) is 3.59. The van der Waals surface area contributed by atoms with Crippen LogP contribution in [-0.4, -0.2) is 29.1 Å². The molecule has 2 aromatic rings. The molecule has 6 nitrogen and oxygen atoms in total. The molecule has 0 aliphatic rings. The maximum atomic E-state index is 5.71. The van der Waals surface area contributed by atoms with E-state index in [1.54, 1.807) is 12.1 Å². The quantitative estimate of drug-likeness (QED) is 0.916. The number of hydrogen-bond acceptors (Lipinski definition) is 6. The molecule has 0 radical (unpaired) electrons. The van der Waals surface area contributed by atoms with Gasteiger partial charge >= 0.3 is 12.0 Å². The molecule has 7 heteroatoms. The zero-order valence-corrected chi connectivity index (χ0v) is 10.6. The third-order valence-corrected chi connectivity index (χ3v) is 2.27. The Morgan fingerprint density at radius 3 is 2.33 bits per heavy atom. The molecule has 1 aromatic heterocycles. The SMILES string of the molecule is CNc1ccc(Oc2nc(Cl)nc(OC)n2)cc1. The van der Waals surface area contributed by atoms with Gasteiger partial charge < -0.3 is 14.8 Å². The van der Waals surface area contributed by atoms with E-state index in [1.807, 2.05) is 19.2 Å². The van der Waals surface area contributed by atoms with Gasteiger partial charge in [0.2, 0.25) is 5.28 Å². The lowest BCUT2D eigenvalue weighted by atomic mass is 10.3. The fourth-order valence-corrected chi connectivity index (χ4v) is 1.39. The first-order valence-corrected chi connectivity index (χ1v) is 5.50. The summed E-state index contributed by atoms with van der Waals surface area (Å²) in [5.41, 5.74) is 0.980. The van der Waals surface area contributed by atoms with Crippen molar-refractivity contribution in [3.8, 4) is 17.8 Å². The van der Waals surface area contributed by atoms with Crippen molar-refractivity contribution in [2.75, 3.05) is 19.5 Å². The number of rotatable bonds is 4. The van der Waals surface area contributed by atoms with E-state index in [0.29, 0.717) is 5.75 Å². The number of benzene rings is 1. The molecule has 1 aromatic carbocycles. The first-order chi connectivity index (χ1) is 8.71. The highest BCUT2D eigenvalue weighted by molar-refractivity contribution is 6.28. The van der Waals surface area contributed by atoms with Crippen LogP contribution in [0.25, 0.3) is 0 Å². The zero-order chi connectivity index (χ0) is 13.0. The summed E-state index contributed by atoms with van der Waals surface area (Å²) in [6.45, 7) is 0. The molecule has 0 bridgehead atoms. The standard InChI is InChI=1S/C11H11ClN4O2/c1-13-7-3-5-8(6-4-7)18-11-15-9(12)14-10(16-11)17-2/h3-6,13H,1-2H3. The number of nitrogens with one attached hydrogen (secondary N) is 1. The van der Waals surface area contributed by atoms with Gasteiger partial charge in [-0.15, -0.1) is 4.98 Å². The minimum absolute atomic E-state index is 0.0173. The lowest BCUT2D eigenvalue weighted by Crippen LogP contribution is -1.98. The molecule has 0 spiro atoms. The Morgan fingerprint density at radius 1 is 1.06 bits per heavy atom. The Bertz CT molecular complexity index is 533. The van der Waals surface area contributed by atoms with Crippen molar-refractivity contribution in [3.63, 3.8) is 0 Å². The highest BCUT2D eigenvalue weighted by Gasteiger charge is 2.07. The van der Waals surface area contributed by atoms with Crippen LogP contribution in [0.5, 0.6) is 17.8 Å². The van der Waals surface area contributed by atoms with Gasteiger partial charge in [-0.2, -0.15) is 9.97 Å². The maximum Gasteiger partial charge on any atom is 0.329 e. The van der Waals surface area contributed by atoms with Crippen LogP contribution in [-0.2, 0) is 0 Å². The molecule has 0 unspecified atom stereocenters. The molecule has 1 heterocycles. The number of halogens is 1. The van der Waals surface area contributed by atoms with Crippen LogP contribution >= 0.6 is 11.6 Å². The second kappa shape index (κ2) is 5.50. The monoisotopic (exact) mass is 266 g/mol. The summed E-state index contributed by atoms with van der Waals surface area (Å²) in [4.78, 5) is 11.5. The summed E-state index contributed by atoms with van der Waals surface area (Å²) in [5, 5.41) is 3.02. The summed E-state index contributed by atoms with van der Waals surface area (Å²) in [6.07, 6.45) is 0. The van der Waals surface area contributed by atoms with Crippen LogP contribution in [0.2, 0.25) is 5.28 Å². The van der Waals surface area contributed by atoms with Gasteiger partial charge in [0.25, 0.3) is 0 Å². The van der Waals surface area contributed by atoms with Crippen molar-refractivity contribution in [2.24, 2.45) is 0 Å². The van der Waals surface area contributed by atoms with E-state index >= 15 is 0 Å². The van der Waals surface area contributed by atoms with E-state index in [1.165, 1.54) is 7.11 Å². The van der Waals surface area contributed by atoms with Crippen molar-refractivity contribution >= 4 is 17.3 Å². The number of nitrogens with zero attached hydrogens (tertiary/aromatic N) is 3. The number of aromatic nitrogens is 3. The normalized spacial score (nSPS) is 9.94. The van der Waals surface area contributed by atoms with Crippen molar-refractivity contribution in [1.29, 1.82) is 0 Å². The summed E-state index contributed by atoms with van der Waals surface area (Å²) in [5.74, 6) is 0.596. The Kier molecular flexibility index (Phi) is 3.78. The first-order valence-electron chi connectivity index (χ1n) is 5.12. The van der Waals surface area contributed by atoms with Crippen molar-refractivity contribution in [1.82, 2.24) is 15.0 Å². The third-order valence-electron chi connectivity index (χ3n) is 2.10. The van der Waals surface area contributed by atoms with Crippen LogP contribution in [0.3, 0.4) is 0 Å². The van der Waals surface area contributed by atoms with E-state index < -0.39 is 0 Å². The summed E-state index contributed by atoms with van der Waals surface area (Å²) < 4.78 is 10.3. The van der Waals surface area contributed by atoms with Gasteiger partial charge in [0.15, 0.2) is 0 Å². The van der Waals surface area contributed by atoms with Crippen LogP contribution in [0.4, 0.5) is 5.69 Å².